The van der Waals surface area contributed by atoms with E-state index >= 15 is 0 Å². The highest BCUT2D eigenvalue weighted by Crippen LogP contribution is 2.38. The Balaban J connectivity index is 3.02. The lowest BCUT2D eigenvalue weighted by molar-refractivity contribution is -0.138. The lowest BCUT2D eigenvalue weighted by Gasteiger charge is -2.16. The van der Waals surface area contributed by atoms with Crippen LogP contribution in [0.25, 0.3) is 0 Å². The van der Waals surface area contributed by atoms with Crippen molar-refractivity contribution < 1.29 is 13.2 Å². The van der Waals surface area contributed by atoms with Crippen molar-refractivity contribution in [2.24, 2.45) is 0 Å². The highest BCUT2D eigenvalue weighted by atomic mass is 35.5. The number of rotatable bonds is 4. The largest absolute Gasteiger partial charge is 0.416 e. The minimum atomic E-state index is -4.40. The van der Waals surface area contributed by atoms with E-state index in [1.165, 1.54) is 6.07 Å². The standard InChI is InChI=1S/C12H14Cl2F3N/c1-18(2)7-3-4-8-9(12(15,16)17)5-6-10(13)11(8)14/h5-6H,3-4,7H2,1-2H3. The first-order valence-corrected chi connectivity index (χ1v) is 6.18. The normalized spacial score (nSPS) is 12.2. The number of halogens is 5. The Morgan fingerprint density at radius 3 is 2.28 bits per heavy atom. The third-order valence-corrected chi connectivity index (χ3v) is 3.38. The average molecular weight is 300 g/mol. The number of alkyl halides is 3. The van der Waals surface area contributed by atoms with Gasteiger partial charge < -0.3 is 4.90 Å². The predicted octanol–water partition coefficient (Wildman–Crippen LogP) is 4.51. The summed E-state index contributed by atoms with van der Waals surface area (Å²) in [5, 5.41) is 0.162. The smallest absolute Gasteiger partial charge is 0.309 e. The highest BCUT2D eigenvalue weighted by Gasteiger charge is 2.34. The minimum Gasteiger partial charge on any atom is -0.309 e. The lowest BCUT2D eigenvalue weighted by Crippen LogP contribution is -2.15. The van der Waals surface area contributed by atoms with Crippen LogP contribution in [0.15, 0.2) is 12.1 Å². The maximum atomic E-state index is 12.8. The fourth-order valence-corrected chi connectivity index (χ4v) is 2.11. The van der Waals surface area contributed by atoms with Gasteiger partial charge in [-0.1, -0.05) is 23.2 Å². The topological polar surface area (TPSA) is 3.24 Å². The third-order valence-electron chi connectivity index (χ3n) is 2.53. The second kappa shape index (κ2) is 6.13. The summed E-state index contributed by atoms with van der Waals surface area (Å²) in [6.07, 6.45) is -3.55. The zero-order chi connectivity index (χ0) is 13.9. The Bertz CT molecular complexity index is 417. The minimum absolute atomic E-state index is 0.00486. The molecule has 0 heterocycles. The highest BCUT2D eigenvalue weighted by molar-refractivity contribution is 6.42. The molecule has 0 aliphatic heterocycles. The molecule has 0 unspecified atom stereocenters. The summed E-state index contributed by atoms with van der Waals surface area (Å²) >= 11 is 11.6. The molecule has 0 bridgehead atoms. The van der Waals surface area contributed by atoms with Crippen LogP contribution in [0, 0.1) is 0 Å². The van der Waals surface area contributed by atoms with Gasteiger partial charge in [0.05, 0.1) is 15.6 Å². The molecule has 0 atom stereocenters. The van der Waals surface area contributed by atoms with Crippen molar-refractivity contribution in [3.05, 3.63) is 33.3 Å². The van der Waals surface area contributed by atoms with Crippen LogP contribution in [0.3, 0.4) is 0 Å². The summed E-state index contributed by atoms with van der Waals surface area (Å²) in [6, 6.07) is 2.17. The van der Waals surface area contributed by atoms with Crippen LogP contribution in [-0.2, 0) is 12.6 Å². The molecule has 0 aromatic heterocycles. The number of hydrogen-bond acceptors (Lipinski definition) is 1. The molecule has 0 fully saturated rings. The van der Waals surface area contributed by atoms with Gasteiger partial charge in [0, 0.05) is 0 Å². The Labute approximate surface area is 114 Å². The molecule has 1 rings (SSSR count). The molecular weight excluding hydrogens is 286 g/mol. The SMILES string of the molecule is CN(C)CCCc1c(C(F)(F)F)ccc(Cl)c1Cl. The third kappa shape index (κ3) is 4.04. The van der Waals surface area contributed by atoms with Crippen LogP contribution in [-0.4, -0.2) is 25.5 Å². The molecule has 18 heavy (non-hydrogen) atoms. The van der Waals surface area contributed by atoms with Crippen molar-refractivity contribution in [1.29, 1.82) is 0 Å². The molecule has 1 aromatic carbocycles. The van der Waals surface area contributed by atoms with Crippen LogP contribution in [0.4, 0.5) is 13.2 Å². The molecule has 6 heteroatoms. The number of nitrogens with zero attached hydrogens (tertiary/aromatic N) is 1. The molecule has 0 saturated heterocycles. The molecule has 1 aromatic rings. The fourth-order valence-electron chi connectivity index (χ4n) is 1.67. The molecule has 0 aliphatic rings. The van der Waals surface area contributed by atoms with Gasteiger partial charge in [-0.2, -0.15) is 13.2 Å². The quantitative estimate of drug-likeness (QED) is 0.791. The first kappa shape index (κ1) is 15.6. The van der Waals surface area contributed by atoms with Gasteiger partial charge in [-0.3, -0.25) is 0 Å². The van der Waals surface area contributed by atoms with E-state index in [4.69, 9.17) is 23.2 Å². The first-order valence-electron chi connectivity index (χ1n) is 5.42. The van der Waals surface area contributed by atoms with Crippen LogP contribution in [0.5, 0.6) is 0 Å². The summed E-state index contributed by atoms with van der Waals surface area (Å²) in [7, 11) is 3.73. The summed E-state index contributed by atoms with van der Waals surface area (Å²) in [6.45, 7) is 0.695. The first-order chi connectivity index (χ1) is 8.23. The van der Waals surface area contributed by atoms with E-state index in [-0.39, 0.29) is 22.0 Å². The summed E-state index contributed by atoms with van der Waals surface area (Å²) in [4.78, 5) is 1.91. The monoisotopic (exact) mass is 299 g/mol. The maximum Gasteiger partial charge on any atom is 0.416 e. The summed E-state index contributed by atoms with van der Waals surface area (Å²) < 4.78 is 38.5. The van der Waals surface area contributed by atoms with Gasteiger partial charge in [0.2, 0.25) is 0 Å². The Hall–Kier alpha value is -0.450. The Morgan fingerprint density at radius 1 is 1.17 bits per heavy atom. The van der Waals surface area contributed by atoms with Crippen molar-refractivity contribution >= 4 is 23.2 Å². The van der Waals surface area contributed by atoms with Gasteiger partial charge >= 0.3 is 6.18 Å². The van der Waals surface area contributed by atoms with Crippen molar-refractivity contribution in [1.82, 2.24) is 4.90 Å². The molecule has 0 spiro atoms. The van der Waals surface area contributed by atoms with Gasteiger partial charge in [-0.15, -0.1) is 0 Å². The molecule has 0 N–H and O–H groups in total. The van der Waals surface area contributed by atoms with Crippen molar-refractivity contribution in [2.75, 3.05) is 20.6 Å². The second-order valence-corrected chi connectivity index (χ2v) is 5.08. The van der Waals surface area contributed by atoms with E-state index in [1.54, 1.807) is 0 Å². The predicted molar refractivity (Wildman–Crippen MR) is 68.3 cm³/mol. The van der Waals surface area contributed by atoms with Crippen LogP contribution >= 0.6 is 23.2 Å². The van der Waals surface area contributed by atoms with E-state index in [9.17, 15) is 13.2 Å². The summed E-state index contributed by atoms with van der Waals surface area (Å²) in [5.74, 6) is 0. The van der Waals surface area contributed by atoms with Gasteiger partial charge in [0.15, 0.2) is 0 Å². The molecule has 102 valence electrons. The lowest BCUT2D eigenvalue weighted by atomic mass is 10.0. The maximum absolute atomic E-state index is 12.8. The molecule has 0 aliphatic carbocycles. The van der Waals surface area contributed by atoms with E-state index in [0.29, 0.717) is 13.0 Å². The zero-order valence-corrected chi connectivity index (χ0v) is 11.6. The Morgan fingerprint density at radius 2 is 1.78 bits per heavy atom. The molecule has 0 amide bonds. The number of benzene rings is 1. The van der Waals surface area contributed by atoms with Gasteiger partial charge in [-0.05, 0) is 51.2 Å². The van der Waals surface area contributed by atoms with Crippen molar-refractivity contribution in [3.63, 3.8) is 0 Å². The second-order valence-electron chi connectivity index (χ2n) is 4.29. The van der Waals surface area contributed by atoms with E-state index in [1.807, 2.05) is 19.0 Å². The van der Waals surface area contributed by atoms with Gasteiger partial charge in [0.1, 0.15) is 0 Å². The number of hydrogen-bond donors (Lipinski definition) is 0. The molecule has 0 radical (unpaired) electrons. The molecule has 1 nitrogen and oxygen atoms in total. The van der Waals surface area contributed by atoms with E-state index in [2.05, 4.69) is 0 Å². The average Bonchev–Trinajstić information content (AvgIpc) is 2.22. The zero-order valence-electron chi connectivity index (χ0n) is 10.1. The molecular formula is C12H14Cl2F3N. The Kier molecular flexibility index (Phi) is 5.32. The fraction of sp³-hybridized carbons (Fsp3) is 0.500. The van der Waals surface area contributed by atoms with Crippen molar-refractivity contribution in [2.45, 2.75) is 19.0 Å². The van der Waals surface area contributed by atoms with Gasteiger partial charge in [-0.25, -0.2) is 0 Å². The van der Waals surface area contributed by atoms with Gasteiger partial charge in [0.25, 0.3) is 0 Å². The van der Waals surface area contributed by atoms with Crippen LogP contribution < -0.4 is 0 Å². The summed E-state index contributed by atoms with van der Waals surface area (Å²) in [5.41, 5.74) is -0.617. The van der Waals surface area contributed by atoms with Crippen LogP contribution in [0.2, 0.25) is 10.0 Å². The molecule has 0 saturated carbocycles. The van der Waals surface area contributed by atoms with E-state index in [0.717, 1.165) is 6.07 Å². The van der Waals surface area contributed by atoms with Crippen LogP contribution in [0.1, 0.15) is 17.5 Å². The van der Waals surface area contributed by atoms with Crippen molar-refractivity contribution in [3.8, 4) is 0 Å². The van der Waals surface area contributed by atoms with E-state index < -0.39 is 11.7 Å².